The molecule has 1 rings (SSSR count). The summed E-state index contributed by atoms with van der Waals surface area (Å²) >= 11 is 4.77. The third-order valence-electron chi connectivity index (χ3n) is 1.86. The summed E-state index contributed by atoms with van der Waals surface area (Å²) in [7, 11) is 1.91. The van der Waals surface area contributed by atoms with Crippen molar-refractivity contribution in [2.24, 2.45) is 5.73 Å². The van der Waals surface area contributed by atoms with Crippen molar-refractivity contribution in [3.8, 4) is 11.8 Å². The number of anilines is 1. The van der Waals surface area contributed by atoms with Crippen molar-refractivity contribution < 1.29 is 0 Å². The molecule has 0 aliphatic heterocycles. The van der Waals surface area contributed by atoms with Gasteiger partial charge in [-0.1, -0.05) is 17.9 Å². The molecule has 0 spiro atoms. The highest BCUT2D eigenvalue weighted by Crippen LogP contribution is 2.09. The maximum absolute atomic E-state index is 5.39. The molecule has 0 fully saturated rings. The van der Waals surface area contributed by atoms with E-state index in [0.29, 0.717) is 0 Å². The molecule has 0 bridgehead atoms. The lowest BCUT2D eigenvalue weighted by atomic mass is 10.2. The Balaban J connectivity index is 2.65. The van der Waals surface area contributed by atoms with Crippen LogP contribution in [-0.2, 0) is 0 Å². The largest absolute Gasteiger partial charge is 0.376 e. The number of hydrogen-bond acceptors (Lipinski definition) is 2. The van der Waals surface area contributed by atoms with E-state index in [1.807, 2.05) is 31.3 Å². The zero-order chi connectivity index (χ0) is 11.8. The standard InChI is InChI=1S/C12H15N3S/c1-14-8-3-2-5-10-6-4-7-11(9-10)15-12(13)16/h4,6-7,9,14H,3,8H2,1H3,(H3,13,15,16). The van der Waals surface area contributed by atoms with Gasteiger partial charge in [-0.05, 0) is 37.5 Å². The van der Waals surface area contributed by atoms with Crippen molar-refractivity contribution in [1.29, 1.82) is 0 Å². The van der Waals surface area contributed by atoms with Crippen molar-refractivity contribution in [3.63, 3.8) is 0 Å². The minimum absolute atomic E-state index is 0.264. The average molecular weight is 233 g/mol. The first kappa shape index (κ1) is 12.5. The minimum Gasteiger partial charge on any atom is -0.376 e. The highest BCUT2D eigenvalue weighted by atomic mass is 32.1. The molecule has 1 aromatic rings. The summed E-state index contributed by atoms with van der Waals surface area (Å²) in [6, 6.07) is 7.70. The SMILES string of the molecule is CNCCC#Cc1cccc(NC(N)=S)c1. The van der Waals surface area contributed by atoms with Crippen LogP contribution in [0.4, 0.5) is 5.69 Å². The fourth-order valence-corrected chi connectivity index (χ4v) is 1.29. The topological polar surface area (TPSA) is 50.1 Å². The van der Waals surface area contributed by atoms with E-state index in [9.17, 15) is 0 Å². The molecule has 0 saturated carbocycles. The van der Waals surface area contributed by atoms with Gasteiger partial charge in [-0.2, -0.15) is 0 Å². The van der Waals surface area contributed by atoms with Crippen LogP contribution in [0.25, 0.3) is 0 Å². The lowest BCUT2D eigenvalue weighted by molar-refractivity contribution is 0.818. The molecule has 0 aromatic heterocycles. The van der Waals surface area contributed by atoms with Gasteiger partial charge in [0.05, 0.1) is 0 Å². The Morgan fingerprint density at radius 1 is 1.50 bits per heavy atom. The smallest absolute Gasteiger partial charge is 0.168 e. The van der Waals surface area contributed by atoms with Crippen LogP contribution in [0.3, 0.4) is 0 Å². The Bertz CT molecular complexity index is 418. The zero-order valence-electron chi connectivity index (χ0n) is 9.21. The minimum atomic E-state index is 0.264. The van der Waals surface area contributed by atoms with Gasteiger partial charge in [0.25, 0.3) is 0 Å². The third-order valence-corrected chi connectivity index (χ3v) is 1.96. The summed E-state index contributed by atoms with van der Waals surface area (Å²) < 4.78 is 0. The number of hydrogen-bond donors (Lipinski definition) is 3. The van der Waals surface area contributed by atoms with Crippen molar-refractivity contribution in [2.75, 3.05) is 18.9 Å². The molecule has 0 radical (unpaired) electrons. The van der Waals surface area contributed by atoms with Crippen LogP contribution in [0, 0.1) is 11.8 Å². The molecule has 0 aliphatic carbocycles. The maximum Gasteiger partial charge on any atom is 0.168 e. The molecule has 0 heterocycles. The van der Waals surface area contributed by atoms with E-state index in [4.69, 9.17) is 18.0 Å². The predicted octanol–water partition coefficient (Wildman–Crippen LogP) is 1.30. The number of rotatable bonds is 3. The zero-order valence-corrected chi connectivity index (χ0v) is 10.0. The van der Waals surface area contributed by atoms with E-state index in [0.717, 1.165) is 24.2 Å². The second-order valence-corrected chi connectivity index (χ2v) is 3.67. The number of nitrogens with one attached hydrogen (secondary N) is 2. The van der Waals surface area contributed by atoms with Crippen molar-refractivity contribution in [1.82, 2.24) is 5.32 Å². The van der Waals surface area contributed by atoms with Gasteiger partial charge in [0.2, 0.25) is 0 Å². The molecule has 84 valence electrons. The molecule has 4 heteroatoms. The summed E-state index contributed by atoms with van der Waals surface area (Å²) in [5, 5.41) is 6.18. The summed E-state index contributed by atoms with van der Waals surface area (Å²) in [5.41, 5.74) is 7.21. The number of thiocarbonyl (C=S) groups is 1. The average Bonchev–Trinajstić information content (AvgIpc) is 2.24. The van der Waals surface area contributed by atoms with Crippen LogP contribution in [0.2, 0.25) is 0 Å². The van der Waals surface area contributed by atoms with E-state index in [1.165, 1.54) is 0 Å². The van der Waals surface area contributed by atoms with E-state index in [1.54, 1.807) is 0 Å². The van der Waals surface area contributed by atoms with Gasteiger partial charge in [0, 0.05) is 24.2 Å². The first-order valence-corrected chi connectivity index (χ1v) is 5.43. The lowest BCUT2D eigenvalue weighted by Crippen LogP contribution is -2.18. The van der Waals surface area contributed by atoms with E-state index < -0.39 is 0 Å². The fourth-order valence-electron chi connectivity index (χ4n) is 1.17. The van der Waals surface area contributed by atoms with Gasteiger partial charge in [0.15, 0.2) is 5.11 Å². The number of nitrogens with two attached hydrogens (primary N) is 1. The van der Waals surface area contributed by atoms with E-state index in [-0.39, 0.29) is 5.11 Å². The van der Waals surface area contributed by atoms with Crippen LogP contribution in [-0.4, -0.2) is 18.7 Å². The molecule has 0 atom stereocenters. The van der Waals surface area contributed by atoms with E-state index in [2.05, 4.69) is 22.5 Å². The van der Waals surface area contributed by atoms with Gasteiger partial charge >= 0.3 is 0 Å². The van der Waals surface area contributed by atoms with Gasteiger partial charge in [-0.15, -0.1) is 0 Å². The molecule has 16 heavy (non-hydrogen) atoms. The Morgan fingerprint density at radius 3 is 3.00 bits per heavy atom. The third kappa shape index (κ3) is 4.78. The van der Waals surface area contributed by atoms with Gasteiger partial charge in [-0.25, -0.2) is 0 Å². The molecule has 1 aromatic carbocycles. The fraction of sp³-hybridized carbons (Fsp3) is 0.250. The first-order chi connectivity index (χ1) is 7.72. The first-order valence-electron chi connectivity index (χ1n) is 5.02. The predicted molar refractivity (Wildman–Crippen MR) is 72.3 cm³/mol. The molecule has 0 unspecified atom stereocenters. The Morgan fingerprint density at radius 2 is 2.31 bits per heavy atom. The Labute approximate surface area is 101 Å². The van der Waals surface area contributed by atoms with Crippen LogP contribution in [0.15, 0.2) is 24.3 Å². The van der Waals surface area contributed by atoms with Crippen LogP contribution >= 0.6 is 12.2 Å². The highest BCUT2D eigenvalue weighted by Gasteiger charge is 1.93. The summed E-state index contributed by atoms with van der Waals surface area (Å²) in [6.07, 6.45) is 0.837. The van der Waals surface area contributed by atoms with Crippen molar-refractivity contribution in [3.05, 3.63) is 29.8 Å². The Hall–Kier alpha value is -1.57. The molecule has 0 saturated heterocycles. The molecular weight excluding hydrogens is 218 g/mol. The van der Waals surface area contributed by atoms with Crippen LogP contribution in [0.1, 0.15) is 12.0 Å². The monoisotopic (exact) mass is 233 g/mol. The van der Waals surface area contributed by atoms with E-state index >= 15 is 0 Å². The van der Waals surface area contributed by atoms with Crippen LogP contribution < -0.4 is 16.4 Å². The molecule has 0 amide bonds. The van der Waals surface area contributed by atoms with Crippen molar-refractivity contribution in [2.45, 2.75) is 6.42 Å². The second kappa shape index (κ2) is 6.83. The van der Waals surface area contributed by atoms with Gasteiger partial charge in [0.1, 0.15) is 0 Å². The lowest BCUT2D eigenvalue weighted by Gasteiger charge is -2.02. The van der Waals surface area contributed by atoms with Gasteiger partial charge in [-0.3, -0.25) is 0 Å². The second-order valence-electron chi connectivity index (χ2n) is 3.23. The molecule has 3 nitrogen and oxygen atoms in total. The quantitative estimate of drug-likeness (QED) is 0.418. The van der Waals surface area contributed by atoms with Crippen molar-refractivity contribution >= 4 is 23.0 Å². The molecule has 0 aliphatic rings. The number of benzene rings is 1. The summed E-state index contributed by atoms with van der Waals surface area (Å²) in [5.74, 6) is 6.16. The normalized spacial score (nSPS) is 9.06. The highest BCUT2D eigenvalue weighted by molar-refractivity contribution is 7.80. The van der Waals surface area contributed by atoms with Gasteiger partial charge < -0.3 is 16.4 Å². The summed E-state index contributed by atoms with van der Waals surface area (Å²) in [4.78, 5) is 0. The molecular formula is C12H15N3S. The molecule has 4 N–H and O–H groups in total. The van der Waals surface area contributed by atoms with Crippen LogP contribution in [0.5, 0.6) is 0 Å². The summed E-state index contributed by atoms with van der Waals surface area (Å²) in [6.45, 7) is 0.901. The Kier molecular flexibility index (Phi) is 5.34. The maximum atomic E-state index is 5.39.